The fourth-order valence-electron chi connectivity index (χ4n) is 2.20. The van der Waals surface area contributed by atoms with Crippen molar-refractivity contribution in [1.82, 2.24) is 9.97 Å². The second kappa shape index (κ2) is 2.64. The van der Waals surface area contributed by atoms with Crippen molar-refractivity contribution < 1.29 is 4.42 Å². The van der Waals surface area contributed by atoms with Crippen LogP contribution in [0.25, 0.3) is 32.8 Å². The average molecular weight is 208 g/mol. The summed E-state index contributed by atoms with van der Waals surface area (Å²) >= 11 is 0. The van der Waals surface area contributed by atoms with E-state index in [2.05, 4.69) is 16.0 Å². The molecule has 3 heteroatoms. The summed E-state index contributed by atoms with van der Waals surface area (Å²) in [6, 6.07) is 8.13. The van der Waals surface area contributed by atoms with E-state index in [9.17, 15) is 0 Å². The van der Waals surface area contributed by atoms with Crippen LogP contribution in [-0.2, 0) is 0 Å². The van der Waals surface area contributed by atoms with Crippen molar-refractivity contribution in [1.29, 1.82) is 0 Å². The Kier molecular flexibility index (Phi) is 1.31. The maximum atomic E-state index is 5.39. The van der Waals surface area contributed by atoms with Crippen LogP contribution in [0.5, 0.6) is 0 Å². The topological polar surface area (TPSA) is 41.8 Å². The van der Waals surface area contributed by atoms with E-state index >= 15 is 0 Å². The van der Waals surface area contributed by atoms with Crippen LogP contribution < -0.4 is 0 Å². The molecule has 76 valence electrons. The molecule has 3 aromatic heterocycles. The Hall–Kier alpha value is -2.29. The van der Waals surface area contributed by atoms with Gasteiger partial charge in [0, 0.05) is 40.1 Å². The normalized spacial score (nSPS) is 11.8. The highest BCUT2D eigenvalue weighted by atomic mass is 16.3. The van der Waals surface area contributed by atoms with Crippen LogP contribution >= 0.6 is 0 Å². The zero-order chi connectivity index (χ0) is 10.5. The summed E-state index contributed by atoms with van der Waals surface area (Å²) in [4.78, 5) is 7.52. The van der Waals surface area contributed by atoms with Gasteiger partial charge in [-0.15, -0.1) is 0 Å². The van der Waals surface area contributed by atoms with Crippen molar-refractivity contribution in [2.24, 2.45) is 0 Å². The first-order valence-electron chi connectivity index (χ1n) is 5.14. The number of rotatable bonds is 0. The van der Waals surface area contributed by atoms with Crippen molar-refractivity contribution in [3.63, 3.8) is 0 Å². The Bertz CT molecular complexity index is 810. The summed E-state index contributed by atoms with van der Waals surface area (Å²) in [6.45, 7) is 0. The van der Waals surface area contributed by atoms with Crippen molar-refractivity contribution in [3.05, 3.63) is 42.9 Å². The quantitative estimate of drug-likeness (QED) is 0.480. The van der Waals surface area contributed by atoms with Crippen molar-refractivity contribution in [2.45, 2.75) is 0 Å². The van der Waals surface area contributed by atoms with Crippen LogP contribution in [0.3, 0.4) is 0 Å². The predicted octanol–water partition coefficient (Wildman–Crippen LogP) is 3.46. The Morgan fingerprint density at radius 2 is 2.06 bits per heavy atom. The van der Waals surface area contributed by atoms with E-state index in [4.69, 9.17) is 4.42 Å². The monoisotopic (exact) mass is 208 g/mol. The fourth-order valence-corrected chi connectivity index (χ4v) is 2.20. The molecule has 0 spiro atoms. The van der Waals surface area contributed by atoms with Gasteiger partial charge in [-0.25, -0.2) is 0 Å². The van der Waals surface area contributed by atoms with Gasteiger partial charge >= 0.3 is 0 Å². The second-order valence-corrected chi connectivity index (χ2v) is 3.90. The van der Waals surface area contributed by atoms with Gasteiger partial charge in [0.25, 0.3) is 0 Å². The van der Waals surface area contributed by atoms with Gasteiger partial charge in [-0.05, 0) is 18.2 Å². The van der Waals surface area contributed by atoms with Crippen LogP contribution in [0.1, 0.15) is 0 Å². The lowest BCUT2D eigenvalue weighted by Crippen LogP contribution is -1.69. The summed E-state index contributed by atoms with van der Waals surface area (Å²) in [7, 11) is 0. The third kappa shape index (κ3) is 0.896. The minimum atomic E-state index is 0.909. The number of aromatic amines is 1. The number of nitrogens with zero attached hydrogens (tertiary/aromatic N) is 1. The number of aromatic nitrogens is 2. The standard InChI is InChI=1S/C13H8N2O/c1-3-14-7-10-9-5-8-2-4-16-13(8)6-12(9)15-11(1)10/h1-7,15H. The van der Waals surface area contributed by atoms with E-state index in [1.807, 2.05) is 24.4 Å². The Morgan fingerprint density at radius 1 is 1.06 bits per heavy atom. The van der Waals surface area contributed by atoms with Crippen LogP contribution in [0.4, 0.5) is 0 Å². The second-order valence-electron chi connectivity index (χ2n) is 3.90. The number of furan rings is 1. The van der Waals surface area contributed by atoms with E-state index in [-0.39, 0.29) is 0 Å². The molecular weight excluding hydrogens is 200 g/mol. The molecule has 4 aromatic rings. The smallest absolute Gasteiger partial charge is 0.135 e. The van der Waals surface area contributed by atoms with Crippen LogP contribution in [0.2, 0.25) is 0 Å². The maximum Gasteiger partial charge on any atom is 0.135 e. The first kappa shape index (κ1) is 7.93. The molecule has 0 saturated carbocycles. The van der Waals surface area contributed by atoms with Gasteiger partial charge in [0.15, 0.2) is 0 Å². The largest absolute Gasteiger partial charge is 0.464 e. The molecule has 0 bridgehead atoms. The Morgan fingerprint density at radius 3 is 3.06 bits per heavy atom. The number of fused-ring (bicyclic) bond motifs is 4. The zero-order valence-corrected chi connectivity index (χ0v) is 8.40. The van der Waals surface area contributed by atoms with Crippen LogP contribution in [0, 0.1) is 0 Å². The highest BCUT2D eigenvalue weighted by Gasteiger charge is 2.06. The van der Waals surface area contributed by atoms with Crippen molar-refractivity contribution in [2.75, 3.05) is 0 Å². The summed E-state index contributed by atoms with van der Waals surface area (Å²) < 4.78 is 5.39. The number of H-pyrrole nitrogens is 1. The molecule has 0 unspecified atom stereocenters. The SMILES string of the molecule is c1cc2[nH]c3cc4occc4cc3c2cn1. The van der Waals surface area contributed by atoms with Crippen LogP contribution in [0.15, 0.2) is 47.3 Å². The first-order valence-corrected chi connectivity index (χ1v) is 5.14. The Labute approximate surface area is 90.7 Å². The first-order chi connectivity index (χ1) is 7.92. The Balaban J connectivity index is 2.32. The lowest BCUT2D eigenvalue weighted by Gasteiger charge is -1.91. The summed E-state index contributed by atoms with van der Waals surface area (Å²) in [5.41, 5.74) is 3.11. The number of nitrogens with one attached hydrogen (secondary N) is 1. The number of pyridine rings is 1. The lowest BCUT2D eigenvalue weighted by molar-refractivity contribution is 0.616. The minimum Gasteiger partial charge on any atom is -0.464 e. The third-order valence-corrected chi connectivity index (χ3v) is 2.97. The summed E-state index contributed by atoms with van der Waals surface area (Å²) in [5, 5.41) is 3.47. The molecule has 0 aliphatic heterocycles. The van der Waals surface area contributed by atoms with E-state index in [0.29, 0.717) is 0 Å². The molecule has 3 nitrogen and oxygen atoms in total. The maximum absolute atomic E-state index is 5.39. The fraction of sp³-hybridized carbons (Fsp3) is 0. The molecule has 0 fully saturated rings. The van der Waals surface area contributed by atoms with Gasteiger partial charge in [-0.2, -0.15) is 0 Å². The van der Waals surface area contributed by atoms with Crippen LogP contribution in [-0.4, -0.2) is 9.97 Å². The molecule has 0 radical (unpaired) electrons. The van der Waals surface area contributed by atoms with E-state index < -0.39 is 0 Å². The van der Waals surface area contributed by atoms with Crippen molar-refractivity contribution in [3.8, 4) is 0 Å². The molecule has 4 rings (SSSR count). The van der Waals surface area contributed by atoms with E-state index in [0.717, 1.165) is 27.4 Å². The van der Waals surface area contributed by atoms with Crippen molar-refractivity contribution >= 4 is 32.8 Å². The lowest BCUT2D eigenvalue weighted by atomic mass is 10.1. The number of benzene rings is 1. The van der Waals surface area contributed by atoms with Gasteiger partial charge in [-0.1, -0.05) is 0 Å². The molecule has 1 aromatic carbocycles. The molecule has 0 aliphatic rings. The molecule has 3 heterocycles. The molecule has 0 atom stereocenters. The van der Waals surface area contributed by atoms with Gasteiger partial charge < -0.3 is 9.40 Å². The van der Waals surface area contributed by atoms with Gasteiger partial charge in [0.05, 0.1) is 11.8 Å². The predicted molar refractivity (Wildman–Crippen MR) is 63.4 cm³/mol. The molecule has 0 amide bonds. The summed E-state index contributed by atoms with van der Waals surface area (Å²) in [6.07, 6.45) is 5.39. The number of hydrogen-bond acceptors (Lipinski definition) is 2. The third-order valence-electron chi connectivity index (χ3n) is 2.97. The molecule has 16 heavy (non-hydrogen) atoms. The molecular formula is C13H8N2O. The highest BCUT2D eigenvalue weighted by Crippen LogP contribution is 2.29. The number of hydrogen-bond donors (Lipinski definition) is 1. The zero-order valence-electron chi connectivity index (χ0n) is 8.40. The van der Waals surface area contributed by atoms with E-state index in [1.54, 1.807) is 12.5 Å². The summed E-state index contributed by atoms with van der Waals surface area (Å²) in [5.74, 6) is 0. The van der Waals surface area contributed by atoms with Gasteiger partial charge in [0.2, 0.25) is 0 Å². The van der Waals surface area contributed by atoms with Gasteiger partial charge in [0.1, 0.15) is 5.58 Å². The van der Waals surface area contributed by atoms with Gasteiger partial charge in [-0.3, -0.25) is 4.98 Å². The minimum absolute atomic E-state index is 0.909. The molecule has 1 N–H and O–H groups in total. The average Bonchev–Trinajstić information content (AvgIpc) is 2.88. The highest BCUT2D eigenvalue weighted by molar-refractivity contribution is 6.10. The molecule has 0 aliphatic carbocycles. The van der Waals surface area contributed by atoms with E-state index in [1.165, 1.54) is 5.39 Å². The molecule has 0 saturated heterocycles.